The van der Waals surface area contributed by atoms with Crippen molar-refractivity contribution >= 4 is 0 Å². The van der Waals surface area contributed by atoms with Crippen LogP contribution in [-0.4, -0.2) is 11.2 Å². The molecule has 0 spiro atoms. The molecule has 0 saturated heterocycles. The third-order valence-electron chi connectivity index (χ3n) is 3.19. The first-order valence-electron chi connectivity index (χ1n) is 4.87. The normalized spacial score (nSPS) is 26.5. The van der Waals surface area contributed by atoms with Crippen LogP contribution in [0, 0.1) is 5.41 Å². The molecule has 1 rings (SSSR count). The summed E-state index contributed by atoms with van der Waals surface area (Å²) in [6.45, 7) is 4.31. The minimum atomic E-state index is -0.0669. The van der Waals surface area contributed by atoms with Crippen molar-refractivity contribution in [2.24, 2.45) is 5.41 Å². The molecular formula is C10H20O. The average molecular weight is 156 g/mol. The molecular weight excluding hydrogens is 136 g/mol. The van der Waals surface area contributed by atoms with Crippen LogP contribution in [0.2, 0.25) is 0 Å². The standard InChI is InChI=1S/C10H20O/c1-3-9(11)10(2)7-5-4-6-8-10/h9,11H,3-8H2,1-2H3/t9-/m1/s1. The summed E-state index contributed by atoms with van der Waals surface area (Å²) in [4.78, 5) is 0. The Morgan fingerprint density at radius 1 is 1.27 bits per heavy atom. The van der Waals surface area contributed by atoms with E-state index < -0.39 is 0 Å². The molecule has 1 atom stereocenters. The van der Waals surface area contributed by atoms with Crippen molar-refractivity contribution in [1.82, 2.24) is 0 Å². The van der Waals surface area contributed by atoms with Gasteiger partial charge in [-0.15, -0.1) is 0 Å². The molecule has 1 aliphatic rings. The smallest absolute Gasteiger partial charge is 0.0591 e. The predicted octanol–water partition coefficient (Wildman–Crippen LogP) is 2.73. The van der Waals surface area contributed by atoms with E-state index in [0.717, 1.165) is 6.42 Å². The molecule has 0 bridgehead atoms. The maximum absolute atomic E-state index is 9.74. The molecule has 11 heavy (non-hydrogen) atoms. The van der Waals surface area contributed by atoms with Gasteiger partial charge in [0.05, 0.1) is 6.10 Å². The zero-order chi connectivity index (χ0) is 8.32. The minimum Gasteiger partial charge on any atom is -0.393 e. The summed E-state index contributed by atoms with van der Waals surface area (Å²) in [5.74, 6) is 0. The zero-order valence-electron chi connectivity index (χ0n) is 7.77. The van der Waals surface area contributed by atoms with Gasteiger partial charge in [-0.05, 0) is 24.7 Å². The lowest BCUT2D eigenvalue weighted by atomic mass is 9.71. The van der Waals surface area contributed by atoms with Gasteiger partial charge in [0.15, 0.2) is 0 Å². The Balaban J connectivity index is 2.49. The van der Waals surface area contributed by atoms with Crippen molar-refractivity contribution in [3.63, 3.8) is 0 Å². The Kier molecular flexibility index (Phi) is 2.94. The molecule has 0 aromatic carbocycles. The largest absolute Gasteiger partial charge is 0.393 e. The summed E-state index contributed by atoms with van der Waals surface area (Å²) in [5.41, 5.74) is 0.243. The lowest BCUT2D eigenvalue weighted by Gasteiger charge is -2.37. The van der Waals surface area contributed by atoms with Gasteiger partial charge in [0.1, 0.15) is 0 Å². The second-order valence-electron chi connectivity index (χ2n) is 4.14. The molecule has 0 aliphatic heterocycles. The monoisotopic (exact) mass is 156 g/mol. The van der Waals surface area contributed by atoms with Crippen molar-refractivity contribution in [1.29, 1.82) is 0 Å². The van der Waals surface area contributed by atoms with Crippen LogP contribution in [0.3, 0.4) is 0 Å². The fourth-order valence-electron chi connectivity index (χ4n) is 2.19. The van der Waals surface area contributed by atoms with Crippen LogP contribution in [0.1, 0.15) is 52.4 Å². The summed E-state index contributed by atoms with van der Waals surface area (Å²) in [6, 6.07) is 0. The van der Waals surface area contributed by atoms with E-state index >= 15 is 0 Å². The Morgan fingerprint density at radius 2 is 1.82 bits per heavy atom. The molecule has 0 radical (unpaired) electrons. The highest BCUT2D eigenvalue weighted by molar-refractivity contribution is 4.84. The number of aliphatic hydroxyl groups is 1. The summed E-state index contributed by atoms with van der Waals surface area (Å²) in [6.07, 6.45) is 7.29. The van der Waals surface area contributed by atoms with Crippen molar-refractivity contribution in [2.45, 2.75) is 58.5 Å². The van der Waals surface area contributed by atoms with E-state index in [0.29, 0.717) is 0 Å². The summed E-state index contributed by atoms with van der Waals surface area (Å²) in [5, 5.41) is 9.74. The maximum atomic E-state index is 9.74. The molecule has 1 N–H and O–H groups in total. The van der Waals surface area contributed by atoms with E-state index in [9.17, 15) is 5.11 Å². The molecule has 1 fully saturated rings. The van der Waals surface area contributed by atoms with Crippen molar-refractivity contribution in [2.75, 3.05) is 0 Å². The van der Waals surface area contributed by atoms with E-state index in [2.05, 4.69) is 13.8 Å². The molecule has 1 nitrogen and oxygen atoms in total. The second-order valence-corrected chi connectivity index (χ2v) is 4.14. The van der Waals surface area contributed by atoms with Crippen LogP contribution in [0.15, 0.2) is 0 Å². The zero-order valence-corrected chi connectivity index (χ0v) is 7.77. The van der Waals surface area contributed by atoms with Gasteiger partial charge in [-0.3, -0.25) is 0 Å². The lowest BCUT2D eigenvalue weighted by Crippen LogP contribution is -2.33. The third kappa shape index (κ3) is 1.96. The van der Waals surface area contributed by atoms with E-state index in [1.54, 1.807) is 0 Å². The molecule has 1 aliphatic carbocycles. The van der Waals surface area contributed by atoms with Gasteiger partial charge in [-0.1, -0.05) is 33.1 Å². The van der Waals surface area contributed by atoms with Gasteiger partial charge in [-0.25, -0.2) is 0 Å². The van der Waals surface area contributed by atoms with Gasteiger partial charge in [-0.2, -0.15) is 0 Å². The van der Waals surface area contributed by atoms with Crippen LogP contribution in [0.25, 0.3) is 0 Å². The summed E-state index contributed by atoms with van der Waals surface area (Å²) >= 11 is 0. The van der Waals surface area contributed by atoms with Gasteiger partial charge in [0.25, 0.3) is 0 Å². The molecule has 0 aromatic rings. The number of hydrogen-bond donors (Lipinski definition) is 1. The maximum Gasteiger partial charge on any atom is 0.0591 e. The topological polar surface area (TPSA) is 20.2 Å². The van der Waals surface area contributed by atoms with Crippen LogP contribution in [-0.2, 0) is 0 Å². The van der Waals surface area contributed by atoms with Gasteiger partial charge >= 0.3 is 0 Å². The molecule has 0 heterocycles. The average Bonchev–Trinajstić information content (AvgIpc) is 2.04. The minimum absolute atomic E-state index is 0.0669. The number of hydrogen-bond acceptors (Lipinski definition) is 1. The van der Waals surface area contributed by atoms with E-state index in [1.807, 2.05) is 0 Å². The van der Waals surface area contributed by atoms with Crippen molar-refractivity contribution < 1.29 is 5.11 Å². The summed E-state index contributed by atoms with van der Waals surface area (Å²) in [7, 11) is 0. The SMILES string of the molecule is CC[C@@H](O)C1(C)CCCCC1. The first-order chi connectivity index (χ1) is 5.19. The third-order valence-corrected chi connectivity index (χ3v) is 3.19. The predicted molar refractivity (Wildman–Crippen MR) is 47.5 cm³/mol. The highest BCUT2D eigenvalue weighted by Crippen LogP contribution is 2.39. The molecule has 66 valence electrons. The second kappa shape index (κ2) is 3.57. The van der Waals surface area contributed by atoms with Crippen LogP contribution in [0.5, 0.6) is 0 Å². The van der Waals surface area contributed by atoms with Gasteiger partial charge in [0.2, 0.25) is 0 Å². The number of rotatable bonds is 2. The number of aliphatic hydroxyl groups excluding tert-OH is 1. The van der Waals surface area contributed by atoms with Crippen molar-refractivity contribution in [3.05, 3.63) is 0 Å². The lowest BCUT2D eigenvalue weighted by molar-refractivity contribution is 0.00760. The summed E-state index contributed by atoms with van der Waals surface area (Å²) < 4.78 is 0. The highest BCUT2D eigenvalue weighted by Gasteiger charge is 2.32. The van der Waals surface area contributed by atoms with Crippen LogP contribution >= 0.6 is 0 Å². The molecule has 0 aromatic heterocycles. The van der Waals surface area contributed by atoms with E-state index in [4.69, 9.17) is 0 Å². The van der Waals surface area contributed by atoms with Gasteiger partial charge in [0, 0.05) is 0 Å². The Labute approximate surface area is 69.8 Å². The fourth-order valence-corrected chi connectivity index (χ4v) is 2.19. The molecule has 1 saturated carbocycles. The van der Waals surface area contributed by atoms with E-state index in [1.165, 1.54) is 32.1 Å². The van der Waals surface area contributed by atoms with E-state index in [-0.39, 0.29) is 11.5 Å². The quantitative estimate of drug-likeness (QED) is 0.651. The Bertz CT molecular complexity index is 114. The van der Waals surface area contributed by atoms with Crippen LogP contribution < -0.4 is 0 Å². The molecule has 0 amide bonds. The van der Waals surface area contributed by atoms with Crippen molar-refractivity contribution in [3.8, 4) is 0 Å². The Hall–Kier alpha value is -0.0400. The van der Waals surface area contributed by atoms with Gasteiger partial charge < -0.3 is 5.11 Å². The fraction of sp³-hybridized carbons (Fsp3) is 1.00. The van der Waals surface area contributed by atoms with Crippen LogP contribution in [0.4, 0.5) is 0 Å². The first-order valence-corrected chi connectivity index (χ1v) is 4.87. The highest BCUT2D eigenvalue weighted by atomic mass is 16.3. The molecule has 0 unspecified atom stereocenters. The molecule has 1 heteroatoms. The Morgan fingerprint density at radius 3 is 2.27 bits per heavy atom. The first kappa shape index (κ1) is 9.05.